The van der Waals surface area contributed by atoms with Gasteiger partial charge < -0.3 is 10.2 Å². The zero-order valence-electron chi connectivity index (χ0n) is 13.6. The van der Waals surface area contributed by atoms with Gasteiger partial charge in [-0.15, -0.1) is 0 Å². The Labute approximate surface area is 120 Å². The quantitative estimate of drug-likeness (QED) is 0.649. The maximum atomic E-state index is 3.61. The Morgan fingerprint density at radius 3 is 2.21 bits per heavy atom. The van der Waals surface area contributed by atoms with E-state index in [1.807, 2.05) is 0 Å². The van der Waals surface area contributed by atoms with Crippen molar-refractivity contribution in [2.45, 2.75) is 53.0 Å². The molecule has 114 valence electrons. The topological polar surface area (TPSA) is 18.5 Å². The van der Waals surface area contributed by atoms with E-state index in [0.717, 1.165) is 18.5 Å². The fraction of sp³-hybridized carbons (Fsp3) is 1.00. The fourth-order valence-electron chi connectivity index (χ4n) is 3.02. The van der Waals surface area contributed by atoms with E-state index in [2.05, 4.69) is 42.8 Å². The van der Waals surface area contributed by atoms with Crippen molar-refractivity contribution in [2.75, 3.05) is 45.8 Å². The maximum Gasteiger partial charge on any atom is 0.0221 e. The number of nitrogens with one attached hydrogen (secondary N) is 1. The van der Waals surface area contributed by atoms with Crippen LogP contribution in [0.15, 0.2) is 0 Å². The van der Waals surface area contributed by atoms with E-state index in [1.54, 1.807) is 0 Å². The molecule has 0 aromatic heterocycles. The second kappa shape index (κ2) is 9.73. The summed E-state index contributed by atoms with van der Waals surface area (Å²) in [6.07, 6.45) is 3.87. The van der Waals surface area contributed by atoms with Crippen molar-refractivity contribution in [3.8, 4) is 0 Å². The minimum atomic E-state index is 0.748. The van der Waals surface area contributed by atoms with Gasteiger partial charge in [0.1, 0.15) is 0 Å². The van der Waals surface area contributed by atoms with Crippen molar-refractivity contribution in [1.29, 1.82) is 0 Å². The third kappa shape index (κ3) is 6.73. The van der Waals surface area contributed by atoms with Gasteiger partial charge in [-0.25, -0.2) is 0 Å². The van der Waals surface area contributed by atoms with Gasteiger partial charge in [0.2, 0.25) is 0 Å². The molecule has 19 heavy (non-hydrogen) atoms. The summed E-state index contributed by atoms with van der Waals surface area (Å²) in [4.78, 5) is 5.34. The molecule has 0 amide bonds. The van der Waals surface area contributed by atoms with Gasteiger partial charge in [-0.2, -0.15) is 0 Å². The summed E-state index contributed by atoms with van der Waals surface area (Å²) in [6, 6.07) is 0.748. The Morgan fingerprint density at radius 1 is 1.00 bits per heavy atom. The van der Waals surface area contributed by atoms with Crippen LogP contribution in [0.5, 0.6) is 0 Å². The molecule has 1 N–H and O–H groups in total. The van der Waals surface area contributed by atoms with E-state index in [0.29, 0.717) is 0 Å². The molecule has 0 bridgehead atoms. The summed E-state index contributed by atoms with van der Waals surface area (Å²) < 4.78 is 0. The molecule has 0 saturated carbocycles. The van der Waals surface area contributed by atoms with Crippen LogP contribution >= 0.6 is 0 Å². The first-order chi connectivity index (χ1) is 9.17. The average Bonchev–Trinajstić information content (AvgIpc) is 2.38. The van der Waals surface area contributed by atoms with Crippen LogP contribution in [0.3, 0.4) is 0 Å². The van der Waals surface area contributed by atoms with Crippen LogP contribution in [-0.2, 0) is 0 Å². The number of hydrogen-bond donors (Lipinski definition) is 1. The summed E-state index contributed by atoms with van der Waals surface area (Å²) in [5, 5.41) is 3.61. The van der Waals surface area contributed by atoms with Crippen molar-refractivity contribution in [2.24, 2.45) is 5.92 Å². The molecule has 0 spiro atoms. The predicted octanol–water partition coefficient (Wildman–Crippen LogP) is 2.43. The Hall–Kier alpha value is -0.120. The second-order valence-corrected chi connectivity index (χ2v) is 6.38. The average molecular weight is 269 g/mol. The van der Waals surface area contributed by atoms with Gasteiger partial charge in [0, 0.05) is 45.3 Å². The van der Waals surface area contributed by atoms with E-state index < -0.39 is 0 Å². The molecule has 0 aromatic carbocycles. The number of piperazine rings is 1. The second-order valence-electron chi connectivity index (χ2n) is 6.38. The monoisotopic (exact) mass is 269 g/mol. The maximum absolute atomic E-state index is 3.61. The molecule has 1 rings (SSSR count). The molecule has 0 aliphatic carbocycles. The minimum absolute atomic E-state index is 0.748. The van der Waals surface area contributed by atoms with E-state index >= 15 is 0 Å². The SMILES string of the molecule is CCCNCC(CCC)N1CCN(CC(C)C)CC1. The zero-order valence-corrected chi connectivity index (χ0v) is 13.6. The Morgan fingerprint density at radius 2 is 1.68 bits per heavy atom. The predicted molar refractivity (Wildman–Crippen MR) is 84.7 cm³/mol. The van der Waals surface area contributed by atoms with Crippen LogP contribution in [0.1, 0.15) is 47.0 Å². The molecule has 0 radical (unpaired) electrons. The van der Waals surface area contributed by atoms with E-state index in [1.165, 1.54) is 58.5 Å². The molecule has 1 aliphatic heterocycles. The fourth-order valence-corrected chi connectivity index (χ4v) is 3.02. The van der Waals surface area contributed by atoms with Crippen LogP contribution in [0.25, 0.3) is 0 Å². The van der Waals surface area contributed by atoms with Gasteiger partial charge in [0.25, 0.3) is 0 Å². The van der Waals surface area contributed by atoms with Gasteiger partial charge in [0.05, 0.1) is 0 Å². The molecular formula is C16H35N3. The molecule has 1 atom stereocenters. The molecule has 1 saturated heterocycles. The standard InChI is InChI=1S/C16H35N3/c1-5-7-16(13-17-8-6-2)19-11-9-18(10-12-19)14-15(3)4/h15-17H,5-14H2,1-4H3. The Balaban J connectivity index is 2.32. The molecule has 0 aromatic rings. The largest absolute Gasteiger partial charge is 0.315 e. The highest BCUT2D eigenvalue weighted by Crippen LogP contribution is 2.12. The highest BCUT2D eigenvalue weighted by molar-refractivity contribution is 4.80. The zero-order chi connectivity index (χ0) is 14.1. The Bertz CT molecular complexity index is 210. The van der Waals surface area contributed by atoms with Gasteiger partial charge in [-0.1, -0.05) is 34.1 Å². The molecule has 1 unspecified atom stereocenters. The lowest BCUT2D eigenvalue weighted by molar-refractivity contribution is 0.0845. The number of nitrogens with zero attached hydrogens (tertiary/aromatic N) is 2. The summed E-state index contributed by atoms with van der Waals surface area (Å²) >= 11 is 0. The summed E-state index contributed by atoms with van der Waals surface area (Å²) in [5.41, 5.74) is 0. The number of hydrogen-bond acceptors (Lipinski definition) is 3. The lowest BCUT2D eigenvalue weighted by Crippen LogP contribution is -2.53. The van der Waals surface area contributed by atoms with Crippen molar-refractivity contribution in [1.82, 2.24) is 15.1 Å². The third-order valence-electron chi connectivity index (χ3n) is 3.98. The van der Waals surface area contributed by atoms with Crippen molar-refractivity contribution in [3.63, 3.8) is 0 Å². The lowest BCUT2D eigenvalue weighted by atomic mass is 10.1. The van der Waals surface area contributed by atoms with Crippen LogP contribution in [0, 0.1) is 5.92 Å². The molecule has 1 heterocycles. The van der Waals surface area contributed by atoms with Crippen molar-refractivity contribution >= 4 is 0 Å². The highest BCUT2D eigenvalue weighted by Gasteiger charge is 2.23. The lowest BCUT2D eigenvalue weighted by Gasteiger charge is -2.40. The van der Waals surface area contributed by atoms with Gasteiger partial charge >= 0.3 is 0 Å². The first-order valence-electron chi connectivity index (χ1n) is 8.34. The summed E-state index contributed by atoms with van der Waals surface area (Å²) in [6.45, 7) is 17.8. The van der Waals surface area contributed by atoms with Crippen LogP contribution < -0.4 is 5.32 Å². The molecular weight excluding hydrogens is 234 g/mol. The van der Waals surface area contributed by atoms with Crippen LogP contribution in [0.2, 0.25) is 0 Å². The van der Waals surface area contributed by atoms with E-state index in [9.17, 15) is 0 Å². The summed E-state index contributed by atoms with van der Waals surface area (Å²) in [7, 11) is 0. The van der Waals surface area contributed by atoms with Gasteiger partial charge in [-0.05, 0) is 25.3 Å². The first kappa shape index (κ1) is 16.9. The summed E-state index contributed by atoms with van der Waals surface area (Å²) in [5.74, 6) is 0.796. The van der Waals surface area contributed by atoms with E-state index in [-0.39, 0.29) is 0 Å². The van der Waals surface area contributed by atoms with Crippen molar-refractivity contribution < 1.29 is 0 Å². The first-order valence-corrected chi connectivity index (χ1v) is 8.34. The third-order valence-corrected chi connectivity index (χ3v) is 3.98. The smallest absolute Gasteiger partial charge is 0.0221 e. The normalized spacial score (nSPS) is 20.1. The minimum Gasteiger partial charge on any atom is -0.315 e. The van der Waals surface area contributed by atoms with E-state index in [4.69, 9.17) is 0 Å². The van der Waals surface area contributed by atoms with Gasteiger partial charge in [-0.3, -0.25) is 4.90 Å². The highest BCUT2D eigenvalue weighted by atomic mass is 15.3. The number of rotatable bonds is 9. The van der Waals surface area contributed by atoms with Crippen LogP contribution in [0.4, 0.5) is 0 Å². The molecule has 3 heteroatoms. The van der Waals surface area contributed by atoms with Gasteiger partial charge in [0.15, 0.2) is 0 Å². The Kier molecular flexibility index (Phi) is 8.67. The van der Waals surface area contributed by atoms with Crippen molar-refractivity contribution in [3.05, 3.63) is 0 Å². The molecule has 3 nitrogen and oxygen atoms in total. The molecule has 1 aliphatic rings. The molecule has 1 fully saturated rings. The van der Waals surface area contributed by atoms with Crippen LogP contribution in [-0.4, -0.2) is 61.7 Å².